The highest BCUT2D eigenvalue weighted by Crippen LogP contribution is 2.38. The van der Waals surface area contributed by atoms with Crippen molar-refractivity contribution in [1.82, 2.24) is 20.5 Å². The van der Waals surface area contributed by atoms with Crippen LogP contribution in [0.15, 0.2) is 23.3 Å². The standard InChI is InChI=1S/C22H36N6O.HI/c1-4-23-21(26-17-22(11-5-6-12-22)20(29)27(2)3)25-16-18-9-10-19(24-15-18)28-13-7-8-14-28;/h9-10,15H,4-8,11-14,16-17H2,1-3H3,(H2,23,25,26);1H. The minimum absolute atomic E-state index is 0. The fraction of sp³-hybridized carbons (Fsp3) is 0.682. The molecule has 8 heteroatoms. The summed E-state index contributed by atoms with van der Waals surface area (Å²) in [5.74, 6) is 2.04. The number of nitrogens with one attached hydrogen (secondary N) is 2. The van der Waals surface area contributed by atoms with E-state index in [1.807, 2.05) is 20.3 Å². The Bertz CT molecular complexity index is 694. The first-order valence-corrected chi connectivity index (χ1v) is 11.0. The molecular weight excluding hydrogens is 491 g/mol. The Balaban J connectivity index is 0.00000320. The average molecular weight is 528 g/mol. The summed E-state index contributed by atoms with van der Waals surface area (Å²) in [5.41, 5.74) is 0.781. The SMILES string of the molecule is CCNC(=NCc1ccc(N2CCCC2)nc1)NCC1(C(=O)N(C)C)CCCC1.I. The molecule has 3 rings (SSSR count). The van der Waals surface area contributed by atoms with Crippen LogP contribution in [0.1, 0.15) is 51.0 Å². The molecule has 0 bridgehead atoms. The molecule has 1 aliphatic carbocycles. The molecule has 7 nitrogen and oxygen atoms in total. The molecule has 1 saturated carbocycles. The van der Waals surface area contributed by atoms with Crippen LogP contribution in [0.5, 0.6) is 0 Å². The van der Waals surface area contributed by atoms with Crippen molar-refractivity contribution in [3.8, 4) is 0 Å². The maximum atomic E-state index is 12.8. The highest BCUT2D eigenvalue weighted by atomic mass is 127. The van der Waals surface area contributed by atoms with E-state index in [0.29, 0.717) is 13.1 Å². The first-order valence-electron chi connectivity index (χ1n) is 11.0. The van der Waals surface area contributed by atoms with Crippen molar-refractivity contribution in [2.45, 2.75) is 52.0 Å². The van der Waals surface area contributed by atoms with Gasteiger partial charge >= 0.3 is 0 Å². The van der Waals surface area contributed by atoms with Gasteiger partial charge in [-0.2, -0.15) is 0 Å². The summed E-state index contributed by atoms with van der Waals surface area (Å²) in [6.45, 7) is 6.24. The topological polar surface area (TPSA) is 72.9 Å². The van der Waals surface area contributed by atoms with Gasteiger partial charge in [-0.1, -0.05) is 18.9 Å². The highest BCUT2D eigenvalue weighted by molar-refractivity contribution is 14.0. The lowest BCUT2D eigenvalue weighted by Crippen LogP contribution is -2.49. The van der Waals surface area contributed by atoms with E-state index in [0.717, 1.165) is 62.7 Å². The molecule has 0 spiro atoms. The molecule has 2 heterocycles. The van der Waals surface area contributed by atoms with Crippen LogP contribution >= 0.6 is 24.0 Å². The third-order valence-electron chi connectivity index (χ3n) is 6.02. The van der Waals surface area contributed by atoms with Crippen LogP contribution in [-0.4, -0.2) is 62.0 Å². The number of hydrogen-bond acceptors (Lipinski definition) is 4. The van der Waals surface area contributed by atoms with Crippen LogP contribution in [0.3, 0.4) is 0 Å². The van der Waals surface area contributed by atoms with Crippen molar-refractivity contribution in [2.75, 3.05) is 45.2 Å². The molecule has 1 aromatic heterocycles. The average Bonchev–Trinajstić information content (AvgIpc) is 3.43. The molecular formula is C22H37IN6O. The first kappa shape index (κ1) is 24.7. The van der Waals surface area contributed by atoms with E-state index in [-0.39, 0.29) is 35.3 Å². The Morgan fingerprint density at radius 1 is 1.17 bits per heavy atom. The molecule has 2 fully saturated rings. The van der Waals surface area contributed by atoms with Crippen molar-refractivity contribution >= 4 is 41.7 Å². The lowest BCUT2D eigenvalue weighted by molar-refractivity contribution is -0.138. The van der Waals surface area contributed by atoms with Crippen LogP contribution in [0, 0.1) is 5.41 Å². The molecule has 0 unspecified atom stereocenters. The van der Waals surface area contributed by atoms with E-state index in [4.69, 9.17) is 4.99 Å². The number of carbonyl (C=O) groups is 1. The van der Waals surface area contributed by atoms with Crippen LogP contribution in [0.2, 0.25) is 0 Å². The number of aliphatic imine (C=N–C) groups is 1. The van der Waals surface area contributed by atoms with Gasteiger partial charge in [0, 0.05) is 46.5 Å². The van der Waals surface area contributed by atoms with Crippen molar-refractivity contribution in [3.63, 3.8) is 0 Å². The summed E-state index contributed by atoms with van der Waals surface area (Å²) < 4.78 is 0. The molecule has 1 aliphatic heterocycles. The van der Waals surface area contributed by atoms with E-state index >= 15 is 0 Å². The molecule has 0 aromatic carbocycles. The lowest BCUT2D eigenvalue weighted by Gasteiger charge is -2.31. The fourth-order valence-electron chi connectivity index (χ4n) is 4.40. The van der Waals surface area contributed by atoms with Gasteiger partial charge < -0.3 is 20.4 Å². The van der Waals surface area contributed by atoms with Gasteiger partial charge in [0.15, 0.2) is 5.96 Å². The third kappa shape index (κ3) is 6.21. The number of aromatic nitrogens is 1. The number of rotatable bonds is 7. The number of nitrogens with zero attached hydrogens (tertiary/aromatic N) is 4. The van der Waals surface area contributed by atoms with E-state index in [1.165, 1.54) is 12.8 Å². The zero-order valence-electron chi connectivity index (χ0n) is 18.6. The maximum absolute atomic E-state index is 12.8. The minimum atomic E-state index is -0.307. The van der Waals surface area contributed by atoms with E-state index in [2.05, 4.69) is 39.6 Å². The summed E-state index contributed by atoms with van der Waals surface area (Å²) in [6, 6.07) is 4.21. The normalized spacial score (nSPS) is 18.1. The number of halogens is 1. The van der Waals surface area contributed by atoms with Crippen LogP contribution in [-0.2, 0) is 11.3 Å². The van der Waals surface area contributed by atoms with Crippen molar-refractivity contribution < 1.29 is 4.79 Å². The Kier molecular flexibility index (Phi) is 9.64. The van der Waals surface area contributed by atoms with Crippen molar-refractivity contribution in [1.29, 1.82) is 0 Å². The number of carbonyl (C=O) groups excluding carboxylic acids is 1. The predicted molar refractivity (Wildman–Crippen MR) is 134 cm³/mol. The minimum Gasteiger partial charge on any atom is -0.357 e. The number of anilines is 1. The predicted octanol–water partition coefficient (Wildman–Crippen LogP) is 3.00. The van der Waals surface area contributed by atoms with Gasteiger partial charge in [0.25, 0.3) is 0 Å². The zero-order valence-corrected chi connectivity index (χ0v) is 20.9. The molecule has 30 heavy (non-hydrogen) atoms. The molecule has 0 radical (unpaired) electrons. The smallest absolute Gasteiger partial charge is 0.230 e. The van der Waals surface area contributed by atoms with Crippen molar-refractivity contribution in [2.24, 2.45) is 10.4 Å². The Morgan fingerprint density at radius 3 is 2.43 bits per heavy atom. The molecule has 0 atom stereocenters. The van der Waals surface area contributed by atoms with Crippen LogP contribution in [0.25, 0.3) is 0 Å². The Morgan fingerprint density at radius 2 is 1.87 bits per heavy atom. The fourth-order valence-corrected chi connectivity index (χ4v) is 4.40. The first-order chi connectivity index (χ1) is 14.0. The second-order valence-electron chi connectivity index (χ2n) is 8.45. The number of pyridine rings is 1. The van der Waals surface area contributed by atoms with Gasteiger partial charge in [0.1, 0.15) is 5.82 Å². The highest BCUT2D eigenvalue weighted by Gasteiger charge is 2.42. The largest absolute Gasteiger partial charge is 0.357 e. The molecule has 1 aromatic rings. The van der Waals surface area contributed by atoms with Gasteiger partial charge in [0.2, 0.25) is 5.91 Å². The molecule has 168 valence electrons. The van der Waals surface area contributed by atoms with Crippen molar-refractivity contribution in [3.05, 3.63) is 23.9 Å². The van der Waals surface area contributed by atoms with Crippen LogP contribution < -0.4 is 15.5 Å². The second-order valence-corrected chi connectivity index (χ2v) is 8.45. The Labute approximate surface area is 198 Å². The Hall–Kier alpha value is -1.58. The summed E-state index contributed by atoms with van der Waals surface area (Å²) in [5, 5.41) is 6.73. The number of hydrogen-bond donors (Lipinski definition) is 2. The number of amides is 1. The summed E-state index contributed by atoms with van der Waals surface area (Å²) >= 11 is 0. The number of guanidine groups is 1. The molecule has 1 amide bonds. The maximum Gasteiger partial charge on any atom is 0.230 e. The third-order valence-corrected chi connectivity index (χ3v) is 6.02. The van der Waals surface area contributed by atoms with E-state index in [1.54, 1.807) is 4.90 Å². The van der Waals surface area contributed by atoms with Gasteiger partial charge in [-0.25, -0.2) is 9.98 Å². The van der Waals surface area contributed by atoms with E-state index < -0.39 is 0 Å². The summed E-state index contributed by atoms with van der Waals surface area (Å²) in [4.78, 5) is 26.2. The lowest BCUT2D eigenvalue weighted by atomic mass is 9.84. The van der Waals surface area contributed by atoms with E-state index in [9.17, 15) is 4.79 Å². The molecule has 2 aliphatic rings. The molecule has 1 saturated heterocycles. The van der Waals surface area contributed by atoms with Crippen LogP contribution in [0.4, 0.5) is 5.82 Å². The van der Waals surface area contributed by atoms with Gasteiger partial charge in [-0.15, -0.1) is 24.0 Å². The monoisotopic (exact) mass is 528 g/mol. The second kappa shape index (κ2) is 11.7. The summed E-state index contributed by atoms with van der Waals surface area (Å²) in [7, 11) is 3.70. The zero-order chi connectivity index (χ0) is 20.7. The quantitative estimate of drug-likeness (QED) is 0.324. The van der Waals surface area contributed by atoms with Gasteiger partial charge in [-0.05, 0) is 44.2 Å². The van der Waals surface area contributed by atoms with Gasteiger partial charge in [-0.3, -0.25) is 4.79 Å². The van der Waals surface area contributed by atoms with Gasteiger partial charge in [0.05, 0.1) is 12.0 Å². The molecule has 2 N–H and O–H groups in total. The summed E-state index contributed by atoms with van der Waals surface area (Å²) in [6.07, 6.45) is 8.55.